The summed E-state index contributed by atoms with van der Waals surface area (Å²) in [5.41, 5.74) is 2.66. The molecule has 0 spiro atoms. The highest BCUT2D eigenvalue weighted by atomic mass is 32.2. The van der Waals surface area contributed by atoms with Crippen molar-refractivity contribution < 1.29 is 4.79 Å². The summed E-state index contributed by atoms with van der Waals surface area (Å²) in [6, 6.07) is 11.9. The van der Waals surface area contributed by atoms with Gasteiger partial charge in [-0.1, -0.05) is 12.8 Å². The molecule has 4 rings (SSSR count). The van der Waals surface area contributed by atoms with Gasteiger partial charge in [0.05, 0.1) is 5.56 Å². The lowest BCUT2D eigenvalue weighted by Crippen LogP contribution is -2.17. The molecule has 6 heteroatoms. The molecule has 0 saturated heterocycles. The Hall–Kier alpha value is -2.31. The number of fused-ring (bicyclic) bond motifs is 1. The van der Waals surface area contributed by atoms with E-state index in [1.54, 1.807) is 18.0 Å². The van der Waals surface area contributed by atoms with Gasteiger partial charge in [-0.25, -0.2) is 4.98 Å². The van der Waals surface area contributed by atoms with Gasteiger partial charge in [0.2, 0.25) is 0 Å². The third-order valence-electron chi connectivity index (χ3n) is 5.41. The number of hydrogen-bond acceptors (Lipinski definition) is 4. The number of carbonyl (C=O) groups excluding carboxylic acids is 1. The standard InChI is InChI=1S/C23H28N4OS/c1-26(2)14-15-27-13-11-17-16-18(9-10-21(17)27)25-22(28)20-8-5-12-24-23(20)29-19-6-3-4-7-19/h5,8-13,16,19H,3-4,6-7,14-15H2,1-2H3,(H,25,28). The molecule has 1 amide bonds. The van der Waals surface area contributed by atoms with Crippen molar-refractivity contribution in [3.8, 4) is 0 Å². The lowest BCUT2D eigenvalue weighted by Gasteiger charge is -2.13. The van der Waals surface area contributed by atoms with Crippen LogP contribution in [0.1, 0.15) is 36.0 Å². The summed E-state index contributed by atoms with van der Waals surface area (Å²) in [4.78, 5) is 19.6. The number of rotatable bonds is 7. The van der Waals surface area contributed by atoms with Crippen molar-refractivity contribution in [2.75, 3.05) is 26.0 Å². The molecular formula is C23H28N4OS. The van der Waals surface area contributed by atoms with E-state index in [1.165, 1.54) is 31.2 Å². The SMILES string of the molecule is CN(C)CCn1ccc2cc(NC(=O)c3cccnc3SC3CCCC3)ccc21. The quantitative estimate of drug-likeness (QED) is 0.605. The van der Waals surface area contributed by atoms with Crippen molar-refractivity contribution >= 4 is 34.3 Å². The molecule has 5 nitrogen and oxygen atoms in total. The monoisotopic (exact) mass is 408 g/mol. The number of anilines is 1. The number of aromatic nitrogens is 2. The summed E-state index contributed by atoms with van der Waals surface area (Å²) in [5, 5.41) is 5.62. The number of hydrogen-bond donors (Lipinski definition) is 1. The number of nitrogens with one attached hydrogen (secondary N) is 1. The summed E-state index contributed by atoms with van der Waals surface area (Å²) < 4.78 is 2.25. The topological polar surface area (TPSA) is 50.2 Å². The summed E-state index contributed by atoms with van der Waals surface area (Å²) in [7, 11) is 4.16. The molecule has 1 aliphatic rings. The van der Waals surface area contributed by atoms with Gasteiger partial charge < -0.3 is 14.8 Å². The Bertz CT molecular complexity index is 991. The number of pyridine rings is 1. The number of carbonyl (C=O) groups is 1. The van der Waals surface area contributed by atoms with Crippen LogP contribution >= 0.6 is 11.8 Å². The van der Waals surface area contributed by atoms with Gasteiger partial charge >= 0.3 is 0 Å². The average Bonchev–Trinajstić information content (AvgIpc) is 3.36. The van der Waals surface area contributed by atoms with Gasteiger partial charge in [-0.15, -0.1) is 11.8 Å². The van der Waals surface area contributed by atoms with E-state index >= 15 is 0 Å². The van der Waals surface area contributed by atoms with Crippen LogP contribution in [0.15, 0.2) is 53.8 Å². The van der Waals surface area contributed by atoms with E-state index in [4.69, 9.17) is 0 Å². The van der Waals surface area contributed by atoms with Crippen LogP contribution in [0.4, 0.5) is 5.69 Å². The van der Waals surface area contributed by atoms with Crippen molar-refractivity contribution in [2.45, 2.75) is 42.5 Å². The van der Waals surface area contributed by atoms with Crippen LogP contribution in [0.25, 0.3) is 10.9 Å². The molecule has 1 saturated carbocycles. The number of amides is 1. The van der Waals surface area contributed by atoms with Crippen molar-refractivity contribution in [2.24, 2.45) is 0 Å². The molecule has 0 bridgehead atoms. The molecule has 0 aliphatic heterocycles. The lowest BCUT2D eigenvalue weighted by molar-refractivity contribution is 0.102. The van der Waals surface area contributed by atoms with Crippen LogP contribution in [0.5, 0.6) is 0 Å². The van der Waals surface area contributed by atoms with Crippen LogP contribution in [0.3, 0.4) is 0 Å². The molecule has 3 aromatic rings. The van der Waals surface area contributed by atoms with Gasteiger partial charge in [0.25, 0.3) is 5.91 Å². The molecule has 2 heterocycles. The summed E-state index contributed by atoms with van der Waals surface area (Å²) in [5.74, 6) is -0.0926. The van der Waals surface area contributed by atoms with Crippen LogP contribution in [-0.2, 0) is 6.54 Å². The maximum Gasteiger partial charge on any atom is 0.258 e. The highest BCUT2D eigenvalue weighted by molar-refractivity contribution is 7.99. The Labute approximate surface area is 176 Å². The zero-order valence-corrected chi connectivity index (χ0v) is 17.9. The number of thioether (sulfide) groups is 1. The Morgan fingerprint density at radius 3 is 2.86 bits per heavy atom. The molecule has 0 atom stereocenters. The fraction of sp³-hybridized carbons (Fsp3) is 0.391. The van der Waals surface area contributed by atoms with Crippen molar-refractivity contribution in [1.29, 1.82) is 0 Å². The first kappa shape index (κ1) is 20.0. The van der Waals surface area contributed by atoms with Gasteiger partial charge in [0.1, 0.15) is 5.03 Å². The third-order valence-corrected chi connectivity index (χ3v) is 6.77. The van der Waals surface area contributed by atoms with E-state index in [0.29, 0.717) is 10.8 Å². The summed E-state index contributed by atoms with van der Waals surface area (Å²) in [6.07, 6.45) is 8.86. The van der Waals surface area contributed by atoms with Crippen LogP contribution in [-0.4, -0.2) is 46.2 Å². The molecule has 2 aromatic heterocycles. The number of benzene rings is 1. The molecule has 1 fully saturated rings. The average molecular weight is 409 g/mol. The van der Waals surface area contributed by atoms with Gasteiger partial charge in [0.15, 0.2) is 0 Å². The number of nitrogens with zero attached hydrogens (tertiary/aromatic N) is 3. The van der Waals surface area contributed by atoms with Crippen LogP contribution in [0, 0.1) is 0 Å². The smallest absolute Gasteiger partial charge is 0.258 e. The van der Waals surface area contributed by atoms with E-state index in [1.807, 2.05) is 24.3 Å². The Morgan fingerprint density at radius 1 is 1.24 bits per heavy atom. The van der Waals surface area contributed by atoms with Crippen molar-refractivity contribution in [1.82, 2.24) is 14.5 Å². The molecule has 29 heavy (non-hydrogen) atoms. The Balaban J connectivity index is 1.49. The normalized spacial score (nSPS) is 14.7. The minimum Gasteiger partial charge on any atom is -0.346 e. The molecular weight excluding hydrogens is 380 g/mol. The molecule has 152 valence electrons. The van der Waals surface area contributed by atoms with Gasteiger partial charge in [-0.05, 0) is 63.3 Å². The van der Waals surface area contributed by atoms with E-state index in [-0.39, 0.29) is 5.91 Å². The minimum absolute atomic E-state index is 0.0926. The maximum absolute atomic E-state index is 13.0. The second-order valence-corrected chi connectivity index (χ2v) is 9.21. The first-order valence-corrected chi connectivity index (χ1v) is 11.1. The van der Waals surface area contributed by atoms with E-state index in [0.717, 1.165) is 29.2 Å². The van der Waals surface area contributed by atoms with Crippen LogP contribution in [0.2, 0.25) is 0 Å². The third kappa shape index (κ3) is 4.82. The van der Waals surface area contributed by atoms with Crippen molar-refractivity contribution in [3.63, 3.8) is 0 Å². The second kappa shape index (κ2) is 9.01. The molecule has 1 aromatic carbocycles. The zero-order chi connectivity index (χ0) is 20.2. The molecule has 1 N–H and O–H groups in total. The Morgan fingerprint density at radius 2 is 2.07 bits per heavy atom. The first-order chi connectivity index (χ1) is 14.1. The fourth-order valence-corrected chi connectivity index (χ4v) is 5.09. The predicted molar refractivity (Wildman–Crippen MR) is 121 cm³/mol. The highest BCUT2D eigenvalue weighted by Gasteiger charge is 2.20. The largest absolute Gasteiger partial charge is 0.346 e. The minimum atomic E-state index is -0.0926. The Kier molecular flexibility index (Phi) is 6.21. The number of likely N-dealkylation sites (N-methyl/N-ethyl adjacent to an activating group) is 1. The predicted octanol–water partition coefficient (Wildman–Crippen LogP) is 4.88. The van der Waals surface area contributed by atoms with E-state index in [9.17, 15) is 4.79 Å². The van der Waals surface area contributed by atoms with E-state index < -0.39 is 0 Å². The lowest BCUT2D eigenvalue weighted by atomic mass is 10.2. The highest BCUT2D eigenvalue weighted by Crippen LogP contribution is 2.35. The summed E-state index contributed by atoms with van der Waals surface area (Å²) in [6.45, 7) is 1.93. The van der Waals surface area contributed by atoms with Gasteiger partial charge in [-0.3, -0.25) is 4.79 Å². The first-order valence-electron chi connectivity index (χ1n) is 10.3. The zero-order valence-electron chi connectivity index (χ0n) is 17.1. The summed E-state index contributed by atoms with van der Waals surface area (Å²) >= 11 is 1.75. The van der Waals surface area contributed by atoms with E-state index in [2.05, 4.69) is 52.2 Å². The van der Waals surface area contributed by atoms with Gasteiger partial charge in [0, 0.05) is 47.3 Å². The maximum atomic E-state index is 13.0. The molecule has 0 unspecified atom stereocenters. The van der Waals surface area contributed by atoms with Gasteiger partial charge in [-0.2, -0.15) is 0 Å². The fourth-order valence-electron chi connectivity index (χ4n) is 3.80. The molecule has 0 radical (unpaired) electrons. The molecule has 1 aliphatic carbocycles. The van der Waals surface area contributed by atoms with Crippen molar-refractivity contribution in [3.05, 3.63) is 54.4 Å². The second-order valence-electron chi connectivity index (χ2n) is 7.92. The van der Waals surface area contributed by atoms with Crippen LogP contribution < -0.4 is 5.32 Å².